The highest BCUT2D eigenvalue weighted by Gasteiger charge is 2.10. The van der Waals surface area contributed by atoms with Gasteiger partial charge in [0, 0.05) is 17.5 Å². The van der Waals surface area contributed by atoms with Gasteiger partial charge in [-0.25, -0.2) is 9.97 Å². The number of nitrogens with one attached hydrogen (secondary N) is 1. The predicted molar refractivity (Wildman–Crippen MR) is 91.1 cm³/mol. The molecule has 0 radical (unpaired) electrons. The maximum absolute atomic E-state index is 5.24. The highest BCUT2D eigenvalue weighted by Crippen LogP contribution is 2.27. The van der Waals surface area contributed by atoms with Crippen molar-refractivity contribution >= 4 is 16.7 Å². The Kier molecular flexibility index (Phi) is 4.28. The van der Waals surface area contributed by atoms with Crippen LogP contribution in [0.25, 0.3) is 10.9 Å². The molecule has 1 heterocycles. The van der Waals surface area contributed by atoms with Crippen LogP contribution in [0.1, 0.15) is 18.5 Å². The average molecular weight is 309 g/mol. The van der Waals surface area contributed by atoms with E-state index in [1.54, 1.807) is 20.5 Å². The first-order valence-corrected chi connectivity index (χ1v) is 7.40. The van der Waals surface area contributed by atoms with E-state index in [4.69, 9.17) is 9.47 Å². The lowest BCUT2D eigenvalue weighted by molar-refractivity contribution is 0.414. The SMILES string of the molecule is COc1ccc(C(C)Nc2ncnc3cc(OC)ccc23)cc1. The molecule has 0 saturated heterocycles. The summed E-state index contributed by atoms with van der Waals surface area (Å²) in [5.41, 5.74) is 2.01. The van der Waals surface area contributed by atoms with E-state index in [-0.39, 0.29) is 6.04 Å². The minimum absolute atomic E-state index is 0.112. The zero-order chi connectivity index (χ0) is 16.2. The van der Waals surface area contributed by atoms with Gasteiger partial charge in [-0.05, 0) is 36.8 Å². The van der Waals surface area contributed by atoms with E-state index in [0.29, 0.717) is 0 Å². The van der Waals surface area contributed by atoms with Gasteiger partial charge in [0.1, 0.15) is 23.6 Å². The number of hydrogen-bond donors (Lipinski definition) is 1. The van der Waals surface area contributed by atoms with Crippen molar-refractivity contribution < 1.29 is 9.47 Å². The summed E-state index contributed by atoms with van der Waals surface area (Å²) in [6.45, 7) is 2.10. The van der Waals surface area contributed by atoms with Crippen LogP contribution in [0, 0.1) is 0 Å². The van der Waals surface area contributed by atoms with E-state index in [2.05, 4.69) is 22.2 Å². The van der Waals surface area contributed by atoms with Crippen LogP contribution < -0.4 is 14.8 Å². The Bertz CT molecular complexity index is 803. The van der Waals surface area contributed by atoms with Crippen molar-refractivity contribution in [1.29, 1.82) is 0 Å². The quantitative estimate of drug-likeness (QED) is 0.776. The van der Waals surface area contributed by atoms with Gasteiger partial charge in [-0.1, -0.05) is 12.1 Å². The molecule has 118 valence electrons. The Morgan fingerprint density at radius 1 is 0.913 bits per heavy atom. The Balaban J connectivity index is 1.87. The van der Waals surface area contributed by atoms with Crippen LogP contribution >= 0.6 is 0 Å². The van der Waals surface area contributed by atoms with Crippen LogP contribution in [-0.2, 0) is 0 Å². The molecule has 2 aromatic carbocycles. The monoisotopic (exact) mass is 309 g/mol. The molecule has 1 aromatic heterocycles. The smallest absolute Gasteiger partial charge is 0.137 e. The molecule has 3 aromatic rings. The Morgan fingerprint density at radius 2 is 1.61 bits per heavy atom. The minimum Gasteiger partial charge on any atom is -0.497 e. The van der Waals surface area contributed by atoms with Gasteiger partial charge in [-0.3, -0.25) is 0 Å². The third-order valence-electron chi connectivity index (χ3n) is 3.81. The number of aromatic nitrogens is 2. The van der Waals surface area contributed by atoms with Crippen LogP contribution in [0.5, 0.6) is 11.5 Å². The van der Waals surface area contributed by atoms with Crippen molar-refractivity contribution in [2.24, 2.45) is 0 Å². The fourth-order valence-electron chi connectivity index (χ4n) is 2.46. The normalized spacial score (nSPS) is 12.0. The van der Waals surface area contributed by atoms with Crippen LogP contribution in [0.4, 0.5) is 5.82 Å². The Morgan fingerprint density at radius 3 is 2.30 bits per heavy atom. The van der Waals surface area contributed by atoms with Gasteiger partial charge < -0.3 is 14.8 Å². The summed E-state index contributed by atoms with van der Waals surface area (Å²) in [5, 5.41) is 4.41. The van der Waals surface area contributed by atoms with Crippen molar-refractivity contribution in [2.45, 2.75) is 13.0 Å². The molecule has 1 atom stereocenters. The van der Waals surface area contributed by atoms with Crippen molar-refractivity contribution in [2.75, 3.05) is 19.5 Å². The zero-order valence-electron chi connectivity index (χ0n) is 13.4. The summed E-state index contributed by atoms with van der Waals surface area (Å²) in [4.78, 5) is 8.68. The Hall–Kier alpha value is -2.82. The number of benzene rings is 2. The number of hydrogen-bond acceptors (Lipinski definition) is 5. The zero-order valence-corrected chi connectivity index (χ0v) is 13.4. The average Bonchev–Trinajstić information content (AvgIpc) is 2.61. The van der Waals surface area contributed by atoms with Crippen molar-refractivity contribution in [1.82, 2.24) is 9.97 Å². The molecule has 1 N–H and O–H groups in total. The van der Waals surface area contributed by atoms with E-state index in [0.717, 1.165) is 33.8 Å². The molecule has 0 amide bonds. The molecule has 5 heteroatoms. The second-order valence-electron chi connectivity index (χ2n) is 5.24. The highest BCUT2D eigenvalue weighted by atomic mass is 16.5. The molecule has 0 saturated carbocycles. The molecule has 0 fully saturated rings. The van der Waals surface area contributed by atoms with Crippen LogP contribution in [0.15, 0.2) is 48.8 Å². The first-order valence-electron chi connectivity index (χ1n) is 7.40. The molecule has 3 rings (SSSR count). The molecule has 0 aliphatic rings. The first-order chi connectivity index (χ1) is 11.2. The number of methoxy groups -OCH3 is 2. The number of anilines is 1. The maximum Gasteiger partial charge on any atom is 0.137 e. The van der Waals surface area contributed by atoms with Gasteiger partial charge in [0.15, 0.2) is 0 Å². The topological polar surface area (TPSA) is 56.3 Å². The second kappa shape index (κ2) is 6.52. The molecule has 0 bridgehead atoms. The second-order valence-corrected chi connectivity index (χ2v) is 5.24. The molecule has 5 nitrogen and oxygen atoms in total. The summed E-state index contributed by atoms with van der Waals surface area (Å²) in [7, 11) is 3.31. The van der Waals surface area contributed by atoms with E-state index in [9.17, 15) is 0 Å². The first kappa shape index (κ1) is 15.1. The van der Waals surface area contributed by atoms with Gasteiger partial charge in [-0.15, -0.1) is 0 Å². The summed E-state index contributed by atoms with van der Waals surface area (Å²) in [6, 6.07) is 13.9. The summed E-state index contributed by atoms with van der Waals surface area (Å²) >= 11 is 0. The van der Waals surface area contributed by atoms with Crippen molar-refractivity contribution in [3.05, 3.63) is 54.4 Å². The van der Waals surface area contributed by atoms with E-state index in [1.165, 1.54) is 0 Å². The largest absolute Gasteiger partial charge is 0.497 e. The van der Waals surface area contributed by atoms with Crippen LogP contribution in [0.3, 0.4) is 0 Å². The summed E-state index contributed by atoms with van der Waals surface area (Å²) in [5.74, 6) is 2.44. The number of fused-ring (bicyclic) bond motifs is 1. The van der Waals surface area contributed by atoms with E-state index in [1.807, 2.05) is 42.5 Å². The third kappa shape index (κ3) is 3.18. The third-order valence-corrected chi connectivity index (χ3v) is 3.81. The number of nitrogens with zero attached hydrogens (tertiary/aromatic N) is 2. The van der Waals surface area contributed by atoms with Crippen LogP contribution in [0.2, 0.25) is 0 Å². The lowest BCUT2D eigenvalue weighted by Gasteiger charge is -2.16. The van der Waals surface area contributed by atoms with E-state index >= 15 is 0 Å². The lowest BCUT2D eigenvalue weighted by atomic mass is 10.1. The number of ether oxygens (including phenoxy) is 2. The molecule has 0 aliphatic carbocycles. The van der Waals surface area contributed by atoms with Gasteiger partial charge in [0.2, 0.25) is 0 Å². The van der Waals surface area contributed by atoms with Gasteiger partial charge in [0.05, 0.1) is 19.7 Å². The molecular weight excluding hydrogens is 290 g/mol. The fourth-order valence-corrected chi connectivity index (χ4v) is 2.46. The lowest BCUT2D eigenvalue weighted by Crippen LogP contribution is -2.08. The molecule has 23 heavy (non-hydrogen) atoms. The summed E-state index contributed by atoms with van der Waals surface area (Å²) < 4.78 is 10.4. The Labute approximate surface area is 135 Å². The fraction of sp³-hybridized carbons (Fsp3) is 0.222. The molecular formula is C18H19N3O2. The van der Waals surface area contributed by atoms with Gasteiger partial charge in [0.25, 0.3) is 0 Å². The van der Waals surface area contributed by atoms with E-state index < -0.39 is 0 Å². The highest BCUT2D eigenvalue weighted by molar-refractivity contribution is 5.89. The number of rotatable bonds is 5. The summed E-state index contributed by atoms with van der Waals surface area (Å²) in [6.07, 6.45) is 1.56. The van der Waals surface area contributed by atoms with Crippen molar-refractivity contribution in [3.8, 4) is 11.5 Å². The molecule has 0 aliphatic heterocycles. The molecule has 0 spiro atoms. The standard InChI is InChI=1S/C18H19N3O2/c1-12(13-4-6-14(22-2)7-5-13)21-18-16-9-8-15(23-3)10-17(16)19-11-20-18/h4-12H,1-3H3,(H,19,20,21). The minimum atomic E-state index is 0.112. The van der Waals surface area contributed by atoms with Crippen LogP contribution in [-0.4, -0.2) is 24.2 Å². The van der Waals surface area contributed by atoms with Gasteiger partial charge >= 0.3 is 0 Å². The van der Waals surface area contributed by atoms with Gasteiger partial charge in [-0.2, -0.15) is 0 Å². The maximum atomic E-state index is 5.24. The molecule has 1 unspecified atom stereocenters. The van der Waals surface area contributed by atoms with Crippen molar-refractivity contribution in [3.63, 3.8) is 0 Å². The predicted octanol–water partition coefficient (Wildman–Crippen LogP) is 3.82.